The van der Waals surface area contributed by atoms with Crippen molar-refractivity contribution in [2.24, 2.45) is 0 Å². The molecule has 3 nitrogen and oxygen atoms in total. The van der Waals surface area contributed by atoms with E-state index < -0.39 is 11.7 Å². The monoisotopic (exact) mass is 287 g/mol. The minimum absolute atomic E-state index is 0.0461. The second-order valence-electron chi connectivity index (χ2n) is 5.21. The molecule has 1 aromatic rings. The lowest BCUT2D eigenvalue weighted by Crippen LogP contribution is -2.51. The molecular weight excluding hydrogens is 267 g/mol. The van der Waals surface area contributed by atoms with E-state index in [1.54, 1.807) is 0 Å². The summed E-state index contributed by atoms with van der Waals surface area (Å²) < 4.78 is 39.4. The highest BCUT2D eigenvalue weighted by Gasteiger charge is 2.38. The van der Waals surface area contributed by atoms with E-state index in [0.717, 1.165) is 25.3 Å². The molecule has 6 heteroatoms. The van der Waals surface area contributed by atoms with Crippen molar-refractivity contribution in [3.8, 4) is 0 Å². The predicted molar refractivity (Wildman–Crippen MR) is 72.7 cm³/mol. The van der Waals surface area contributed by atoms with E-state index >= 15 is 0 Å². The van der Waals surface area contributed by atoms with E-state index in [1.165, 1.54) is 12.3 Å². The first-order valence-corrected chi connectivity index (χ1v) is 6.91. The molecule has 1 aromatic heterocycles. The Morgan fingerprint density at radius 1 is 1.40 bits per heavy atom. The Labute approximate surface area is 117 Å². The van der Waals surface area contributed by atoms with Crippen molar-refractivity contribution >= 4 is 5.82 Å². The van der Waals surface area contributed by atoms with Crippen LogP contribution in [0.1, 0.15) is 31.7 Å². The van der Waals surface area contributed by atoms with Crippen molar-refractivity contribution < 1.29 is 13.2 Å². The fraction of sp³-hybridized carbons (Fsp3) is 0.643. The second-order valence-corrected chi connectivity index (χ2v) is 5.21. The zero-order valence-corrected chi connectivity index (χ0v) is 11.7. The van der Waals surface area contributed by atoms with Crippen molar-refractivity contribution in [3.05, 3.63) is 23.9 Å². The molecule has 1 N–H and O–H groups in total. The number of rotatable bonds is 3. The number of likely N-dealkylation sites (N-methyl/N-ethyl adjacent to an activating group) is 1. The fourth-order valence-corrected chi connectivity index (χ4v) is 2.78. The quantitative estimate of drug-likeness (QED) is 0.926. The molecule has 0 spiro atoms. The molecule has 2 atom stereocenters. The smallest absolute Gasteiger partial charge is 0.352 e. The summed E-state index contributed by atoms with van der Waals surface area (Å²) in [7, 11) is 1.83. The maximum Gasteiger partial charge on any atom is 0.419 e. The van der Waals surface area contributed by atoms with Crippen LogP contribution in [0.3, 0.4) is 0 Å². The average Bonchev–Trinajstić information content (AvgIpc) is 2.45. The molecule has 0 radical (unpaired) electrons. The molecule has 0 aliphatic carbocycles. The molecule has 1 aliphatic heterocycles. The van der Waals surface area contributed by atoms with Crippen molar-refractivity contribution in [3.63, 3.8) is 0 Å². The van der Waals surface area contributed by atoms with E-state index in [1.807, 2.05) is 18.9 Å². The number of aromatic nitrogens is 1. The van der Waals surface area contributed by atoms with Gasteiger partial charge in [-0.15, -0.1) is 0 Å². The minimum Gasteiger partial charge on any atom is -0.352 e. The lowest BCUT2D eigenvalue weighted by Gasteiger charge is -2.40. The van der Waals surface area contributed by atoms with E-state index in [2.05, 4.69) is 10.3 Å². The van der Waals surface area contributed by atoms with Gasteiger partial charge in [-0.1, -0.05) is 0 Å². The second kappa shape index (κ2) is 5.99. The highest BCUT2D eigenvalue weighted by atomic mass is 19.4. The number of halogens is 3. The predicted octanol–water partition coefficient (Wildman–Crippen LogP) is 3.07. The van der Waals surface area contributed by atoms with Gasteiger partial charge in [-0.2, -0.15) is 13.2 Å². The van der Waals surface area contributed by atoms with Crippen molar-refractivity contribution in [1.82, 2.24) is 10.3 Å². The minimum atomic E-state index is -4.37. The molecule has 1 fully saturated rings. The van der Waals surface area contributed by atoms with Crippen LogP contribution in [-0.2, 0) is 6.18 Å². The zero-order valence-electron chi connectivity index (χ0n) is 11.7. The van der Waals surface area contributed by atoms with Crippen LogP contribution < -0.4 is 10.2 Å². The van der Waals surface area contributed by atoms with Crippen LogP contribution in [0.2, 0.25) is 0 Å². The van der Waals surface area contributed by atoms with Gasteiger partial charge in [0.25, 0.3) is 0 Å². The zero-order chi connectivity index (χ0) is 14.8. The third kappa shape index (κ3) is 3.06. The molecule has 1 aliphatic rings. The van der Waals surface area contributed by atoms with Crippen LogP contribution >= 0.6 is 0 Å². The highest BCUT2D eigenvalue weighted by Crippen LogP contribution is 2.37. The van der Waals surface area contributed by atoms with Crippen LogP contribution in [0.5, 0.6) is 0 Å². The van der Waals surface area contributed by atoms with Gasteiger partial charge in [0.15, 0.2) is 0 Å². The highest BCUT2D eigenvalue weighted by molar-refractivity contribution is 5.50. The summed E-state index contributed by atoms with van der Waals surface area (Å²) in [5.74, 6) is 0.0619. The molecule has 2 heterocycles. The number of hydrogen-bond donors (Lipinski definition) is 1. The topological polar surface area (TPSA) is 28.2 Å². The van der Waals surface area contributed by atoms with Crippen molar-refractivity contribution in [2.45, 2.75) is 44.4 Å². The molecule has 2 rings (SSSR count). The normalized spacial score (nSPS) is 21.9. The van der Waals surface area contributed by atoms with Gasteiger partial charge in [0.2, 0.25) is 0 Å². The Morgan fingerprint density at radius 2 is 2.15 bits per heavy atom. The van der Waals surface area contributed by atoms with Crippen molar-refractivity contribution in [1.29, 1.82) is 0 Å². The summed E-state index contributed by atoms with van der Waals surface area (Å²) in [6.07, 6.45) is -0.104. The van der Waals surface area contributed by atoms with Crippen LogP contribution in [0.4, 0.5) is 19.0 Å². The van der Waals surface area contributed by atoms with Gasteiger partial charge in [-0.05, 0) is 45.4 Å². The molecule has 1 saturated heterocycles. The van der Waals surface area contributed by atoms with Gasteiger partial charge in [-0.25, -0.2) is 4.98 Å². The molecule has 0 aromatic carbocycles. The van der Waals surface area contributed by atoms with E-state index in [0.29, 0.717) is 6.54 Å². The standard InChI is InChI=1S/C14H20F3N3/c1-10(18-2)12-7-3-4-9-20(12)13-11(14(15,16)17)6-5-8-19-13/h5-6,8,10,12,18H,3-4,7,9H2,1-2H3. The first-order chi connectivity index (χ1) is 9.45. The Hall–Kier alpha value is -1.30. The molecule has 20 heavy (non-hydrogen) atoms. The maximum atomic E-state index is 13.1. The summed E-state index contributed by atoms with van der Waals surface area (Å²) in [5, 5.41) is 3.14. The largest absolute Gasteiger partial charge is 0.419 e. The van der Waals surface area contributed by atoms with Crippen LogP contribution in [0, 0.1) is 0 Å². The van der Waals surface area contributed by atoms with Crippen LogP contribution in [0.25, 0.3) is 0 Å². The molecule has 112 valence electrons. The van der Waals surface area contributed by atoms with Gasteiger partial charge in [0.05, 0.1) is 5.56 Å². The van der Waals surface area contributed by atoms with E-state index in [9.17, 15) is 13.2 Å². The van der Waals surface area contributed by atoms with Gasteiger partial charge < -0.3 is 10.2 Å². The summed E-state index contributed by atoms with van der Waals surface area (Å²) in [4.78, 5) is 5.83. The van der Waals surface area contributed by atoms with E-state index in [-0.39, 0.29) is 17.9 Å². The third-order valence-electron chi connectivity index (χ3n) is 3.95. The maximum absolute atomic E-state index is 13.1. The van der Waals surface area contributed by atoms with Gasteiger partial charge in [0, 0.05) is 24.8 Å². The van der Waals surface area contributed by atoms with Crippen molar-refractivity contribution in [2.75, 3.05) is 18.5 Å². The number of alkyl halides is 3. The van der Waals surface area contributed by atoms with Crippen LogP contribution in [0.15, 0.2) is 18.3 Å². The Morgan fingerprint density at radius 3 is 2.80 bits per heavy atom. The number of nitrogens with one attached hydrogen (secondary N) is 1. The fourth-order valence-electron chi connectivity index (χ4n) is 2.78. The molecular formula is C14H20F3N3. The van der Waals surface area contributed by atoms with Gasteiger partial charge in [0.1, 0.15) is 5.82 Å². The average molecular weight is 287 g/mol. The summed E-state index contributed by atoms with van der Waals surface area (Å²) in [6.45, 7) is 2.62. The number of piperidine rings is 1. The first kappa shape index (κ1) is 15.1. The summed E-state index contributed by atoms with van der Waals surface area (Å²) in [5.41, 5.74) is -0.643. The Kier molecular flexibility index (Phi) is 4.52. The Bertz CT molecular complexity index is 448. The SMILES string of the molecule is CNC(C)C1CCCCN1c1ncccc1C(F)(F)F. The lowest BCUT2D eigenvalue weighted by molar-refractivity contribution is -0.137. The third-order valence-corrected chi connectivity index (χ3v) is 3.95. The summed E-state index contributed by atoms with van der Waals surface area (Å²) in [6, 6.07) is 2.62. The van der Waals surface area contributed by atoms with Gasteiger partial charge >= 0.3 is 6.18 Å². The van der Waals surface area contributed by atoms with Crippen LogP contribution in [-0.4, -0.2) is 30.7 Å². The molecule has 0 amide bonds. The first-order valence-electron chi connectivity index (χ1n) is 6.91. The molecule has 0 bridgehead atoms. The Balaban J connectivity index is 2.38. The molecule has 2 unspecified atom stereocenters. The molecule has 0 saturated carbocycles. The van der Waals surface area contributed by atoms with E-state index in [4.69, 9.17) is 0 Å². The number of hydrogen-bond acceptors (Lipinski definition) is 3. The number of pyridine rings is 1. The van der Waals surface area contributed by atoms with Gasteiger partial charge in [-0.3, -0.25) is 0 Å². The lowest BCUT2D eigenvalue weighted by atomic mass is 9.96. The summed E-state index contributed by atoms with van der Waals surface area (Å²) >= 11 is 0. The number of anilines is 1. The number of nitrogens with zero attached hydrogens (tertiary/aromatic N) is 2.